The molecule has 0 aromatic carbocycles. The van der Waals surface area contributed by atoms with Crippen molar-refractivity contribution in [3.63, 3.8) is 0 Å². The van der Waals surface area contributed by atoms with Crippen molar-refractivity contribution < 1.29 is 4.79 Å². The SMILES string of the molecule is CC(=O)CCCCCCCC#N. The van der Waals surface area contributed by atoms with Crippen molar-refractivity contribution in [3.8, 4) is 6.07 Å². The van der Waals surface area contributed by atoms with E-state index in [-0.39, 0.29) is 5.78 Å². The fourth-order valence-corrected chi connectivity index (χ4v) is 1.11. The van der Waals surface area contributed by atoms with E-state index >= 15 is 0 Å². The van der Waals surface area contributed by atoms with Crippen molar-refractivity contribution in [2.75, 3.05) is 0 Å². The minimum Gasteiger partial charge on any atom is -0.300 e. The predicted octanol–water partition coefficient (Wildman–Crippen LogP) is 2.83. The van der Waals surface area contributed by atoms with Gasteiger partial charge in [-0.1, -0.05) is 19.3 Å². The second-order valence-corrected chi connectivity index (χ2v) is 3.13. The van der Waals surface area contributed by atoms with Crippen LogP contribution in [0, 0.1) is 11.3 Å². The number of hydrogen-bond donors (Lipinski definition) is 0. The van der Waals surface area contributed by atoms with Crippen LogP contribution in [0.4, 0.5) is 0 Å². The summed E-state index contributed by atoms with van der Waals surface area (Å²) in [5, 5.41) is 8.25. The zero-order chi connectivity index (χ0) is 9.23. The summed E-state index contributed by atoms with van der Waals surface area (Å²) < 4.78 is 0. The Bertz CT molecular complexity index is 158. The Labute approximate surface area is 74.6 Å². The Kier molecular flexibility index (Phi) is 7.68. The second-order valence-electron chi connectivity index (χ2n) is 3.13. The quantitative estimate of drug-likeness (QED) is 0.547. The van der Waals surface area contributed by atoms with Gasteiger partial charge in [-0.15, -0.1) is 0 Å². The molecule has 0 aromatic rings. The lowest BCUT2D eigenvalue weighted by atomic mass is 10.1. The Morgan fingerprint density at radius 1 is 1.17 bits per heavy atom. The summed E-state index contributed by atoms with van der Waals surface area (Å²) in [6, 6.07) is 2.12. The normalized spacial score (nSPS) is 9.33. The largest absolute Gasteiger partial charge is 0.300 e. The highest BCUT2D eigenvalue weighted by molar-refractivity contribution is 5.75. The van der Waals surface area contributed by atoms with Gasteiger partial charge in [0, 0.05) is 12.8 Å². The van der Waals surface area contributed by atoms with E-state index in [9.17, 15) is 4.79 Å². The summed E-state index contributed by atoms with van der Waals surface area (Å²) in [6.45, 7) is 1.63. The van der Waals surface area contributed by atoms with E-state index in [1.54, 1.807) is 6.92 Å². The number of carbonyl (C=O) groups excluding carboxylic acids is 1. The highest BCUT2D eigenvalue weighted by Gasteiger charge is 1.93. The van der Waals surface area contributed by atoms with E-state index in [1.165, 1.54) is 0 Å². The maximum atomic E-state index is 10.5. The van der Waals surface area contributed by atoms with E-state index < -0.39 is 0 Å². The van der Waals surface area contributed by atoms with E-state index in [0.717, 1.165) is 38.5 Å². The minimum absolute atomic E-state index is 0.284. The fraction of sp³-hybridized carbons (Fsp3) is 0.800. The van der Waals surface area contributed by atoms with Crippen LogP contribution in [0.2, 0.25) is 0 Å². The molecule has 2 nitrogen and oxygen atoms in total. The molecule has 0 saturated heterocycles. The van der Waals surface area contributed by atoms with E-state index in [0.29, 0.717) is 6.42 Å². The molecule has 0 bridgehead atoms. The van der Waals surface area contributed by atoms with Crippen LogP contribution in [0.15, 0.2) is 0 Å². The second kappa shape index (κ2) is 8.26. The van der Waals surface area contributed by atoms with Gasteiger partial charge in [-0.25, -0.2) is 0 Å². The Hall–Kier alpha value is -0.840. The molecule has 0 aliphatic rings. The molecular weight excluding hydrogens is 150 g/mol. The van der Waals surface area contributed by atoms with E-state index in [1.807, 2.05) is 0 Å². The summed E-state index contributed by atoms with van der Waals surface area (Å²) >= 11 is 0. The molecule has 0 aromatic heterocycles. The van der Waals surface area contributed by atoms with Gasteiger partial charge in [-0.3, -0.25) is 0 Å². The van der Waals surface area contributed by atoms with Crippen LogP contribution in [-0.4, -0.2) is 5.78 Å². The number of hydrogen-bond acceptors (Lipinski definition) is 2. The summed E-state index contributed by atoms with van der Waals surface area (Å²) in [4.78, 5) is 10.5. The van der Waals surface area contributed by atoms with Crippen LogP contribution in [0.5, 0.6) is 0 Å². The van der Waals surface area contributed by atoms with Gasteiger partial charge in [0.2, 0.25) is 0 Å². The first kappa shape index (κ1) is 11.2. The molecule has 0 spiro atoms. The molecule has 12 heavy (non-hydrogen) atoms. The number of carbonyl (C=O) groups is 1. The van der Waals surface area contributed by atoms with Gasteiger partial charge in [-0.2, -0.15) is 5.26 Å². The third-order valence-electron chi connectivity index (χ3n) is 1.82. The third kappa shape index (κ3) is 9.16. The van der Waals surface area contributed by atoms with Gasteiger partial charge in [0.1, 0.15) is 5.78 Å². The molecule has 0 saturated carbocycles. The van der Waals surface area contributed by atoms with Gasteiger partial charge in [0.15, 0.2) is 0 Å². The number of nitrogens with zero attached hydrogens (tertiary/aromatic N) is 1. The van der Waals surface area contributed by atoms with Crippen LogP contribution in [0.25, 0.3) is 0 Å². The smallest absolute Gasteiger partial charge is 0.129 e. The van der Waals surface area contributed by atoms with Crippen molar-refractivity contribution in [3.05, 3.63) is 0 Å². The van der Waals surface area contributed by atoms with Crippen LogP contribution >= 0.6 is 0 Å². The highest BCUT2D eigenvalue weighted by atomic mass is 16.1. The molecule has 0 rings (SSSR count). The fourth-order valence-electron chi connectivity index (χ4n) is 1.11. The average Bonchev–Trinajstić information content (AvgIpc) is 2.02. The minimum atomic E-state index is 0.284. The molecule has 0 radical (unpaired) electrons. The van der Waals surface area contributed by atoms with Crippen molar-refractivity contribution in [2.45, 2.75) is 51.9 Å². The lowest BCUT2D eigenvalue weighted by Gasteiger charge is -1.97. The van der Waals surface area contributed by atoms with Crippen LogP contribution in [0.1, 0.15) is 51.9 Å². The molecule has 2 heteroatoms. The van der Waals surface area contributed by atoms with Gasteiger partial charge in [0.25, 0.3) is 0 Å². The van der Waals surface area contributed by atoms with Gasteiger partial charge < -0.3 is 4.79 Å². The number of unbranched alkanes of at least 4 members (excludes halogenated alkanes) is 5. The molecule has 0 N–H and O–H groups in total. The summed E-state index contributed by atoms with van der Waals surface area (Å²) in [5.41, 5.74) is 0. The van der Waals surface area contributed by atoms with Crippen molar-refractivity contribution in [1.29, 1.82) is 5.26 Å². The Morgan fingerprint density at radius 2 is 1.75 bits per heavy atom. The molecular formula is C10H17NO. The van der Waals surface area contributed by atoms with E-state index in [2.05, 4.69) is 6.07 Å². The average molecular weight is 167 g/mol. The Balaban J connectivity index is 2.92. The lowest BCUT2D eigenvalue weighted by molar-refractivity contribution is -0.117. The monoisotopic (exact) mass is 167 g/mol. The van der Waals surface area contributed by atoms with Crippen molar-refractivity contribution >= 4 is 5.78 Å². The first-order valence-electron chi connectivity index (χ1n) is 4.63. The summed E-state index contributed by atoms with van der Waals surface area (Å²) in [7, 11) is 0. The third-order valence-corrected chi connectivity index (χ3v) is 1.82. The molecule has 0 amide bonds. The van der Waals surface area contributed by atoms with E-state index in [4.69, 9.17) is 5.26 Å². The number of nitriles is 1. The maximum absolute atomic E-state index is 10.5. The van der Waals surface area contributed by atoms with Gasteiger partial charge in [-0.05, 0) is 19.8 Å². The molecule has 0 aliphatic heterocycles. The molecule has 0 unspecified atom stereocenters. The molecule has 0 fully saturated rings. The first-order chi connectivity index (χ1) is 5.77. The lowest BCUT2D eigenvalue weighted by Crippen LogP contribution is -1.89. The predicted molar refractivity (Wildman–Crippen MR) is 48.6 cm³/mol. The summed E-state index contributed by atoms with van der Waals surface area (Å²) in [5.74, 6) is 0.284. The zero-order valence-corrected chi connectivity index (χ0v) is 7.81. The number of Topliss-reactive ketones (excluding diaryl/α,β-unsaturated/α-hetero) is 1. The summed E-state index contributed by atoms with van der Waals surface area (Å²) in [6.07, 6.45) is 6.84. The van der Waals surface area contributed by atoms with Crippen molar-refractivity contribution in [2.24, 2.45) is 0 Å². The van der Waals surface area contributed by atoms with Crippen molar-refractivity contribution in [1.82, 2.24) is 0 Å². The standard InChI is InChI=1S/C10H17NO/c1-10(12)8-6-4-2-3-5-7-9-11/h2-8H2,1H3. The van der Waals surface area contributed by atoms with Gasteiger partial charge in [0.05, 0.1) is 6.07 Å². The first-order valence-corrected chi connectivity index (χ1v) is 4.63. The molecule has 68 valence electrons. The van der Waals surface area contributed by atoms with Crippen LogP contribution in [-0.2, 0) is 4.79 Å². The number of ketones is 1. The van der Waals surface area contributed by atoms with Crippen LogP contribution < -0.4 is 0 Å². The maximum Gasteiger partial charge on any atom is 0.129 e. The molecule has 0 heterocycles. The Morgan fingerprint density at radius 3 is 2.33 bits per heavy atom. The zero-order valence-electron chi connectivity index (χ0n) is 7.81. The topological polar surface area (TPSA) is 40.9 Å². The molecule has 0 aliphatic carbocycles. The number of rotatable bonds is 7. The molecule has 0 atom stereocenters. The highest BCUT2D eigenvalue weighted by Crippen LogP contribution is 2.06. The van der Waals surface area contributed by atoms with Crippen LogP contribution in [0.3, 0.4) is 0 Å². The van der Waals surface area contributed by atoms with Gasteiger partial charge >= 0.3 is 0 Å².